The molecule has 2 bridgehead atoms. The number of nitrogens with zero attached hydrogens (tertiary/aromatic N) is 2. The fraction of sp³-hybridized carbons (Fsp3) is 0.487. The van der Waals surface area contributed by atoms with Crippen molar-refractivity contribution in [1.29, 1.82) is 0 Å². The maximum Gasteiger partial charge on any atom is 0.407 e. The highest BCUT2D eigenvalue weighted by Gasteiger charge is 2.56. The number of hydrogen-bond acceptors (Lipinski definition) is 10. The molecule has 2 aromatic carbocycles. The Balaban J connectivity index is 1.21. The molecule has 3 amide bonds. The Labute approximate surface area is 304 Å². The molecule has 3 aromatic rings. The standard InChI is InChI=1S/C39H49N5O8/c1-39(2,3)34(42-37(47)49-4)35(46)43-44(20-25-13-15-26(16-14-25)30-12-8-9-17-40-30)21-32(45)31(18-24-10-6-5-7-11-24)41-38(48)52-33-27-19-28-29(33)23-51-36(28)50-22-27/h5-17,27-29,31-34,36,45H,18-23H2,1-4H3,(H,41,48)(H,42,47)(H,43,46)/t27?,28?,29?,31-,32+,33?,34+,36?/m0/s1. The lowest BCUT2D eigenvalue weighted by atomic mass is 9.86. The highest BCUT2D eigenvalue weighted by atomic mass is 16.7. The minimum atomic E-state index is -1.16. The third kappa shape index (κ3) is 9.08. The average Bonchev–Trinajstić information content (AvgIpc) is 3.67. The van der Waals surface area contributed by atoms with Crippen LogP contribution >= 0.6 is 0 Å². The number of ether oxygens (including phenoxy) is 4. The van der Waals surface area contributed by atoms with Crippen LogP contribution in [0.2, 0.25) is 0 Å². The first-order valence-corrected chi connectivity index (χ1v) is 17.8. The van der Waals surface area contributed by atoms with Gasteiger partial charge in [0.1, 0.15) is 12.1 Å². The second-order valence-corrected chi connectivity index (χ2v) is 14.9. The van der Waals surface area contributed by atoms with Crippen LogP contribution in [0.25, 0.3) is 11.3 Å². The minimum absolute atomic E-state index is 0.0687. The van der Waals surface area contributed by atoms with Gasteiger partial charge >= 0.3 is 12.2 Å². The Morgan fingerprint density at radius 3 is 2.35 bits per heavy atom. The molecule has 5 unspecified atom stereocenters. The Kier molecular flexibility index (Phi) is 11.7. The Morgan fingerprint density at radius 1 is 0.923 bits per heavy atom. The Bertz CT molecular complexity index is 1650. The number of pyridine rings is 1. The molecule has 2 saturated heterocycles. The summed E-state index contributed by atoms with van der Waals surface area (Å²) in [6, 6.07) is 21.3. The number of nitrogens with one attached hydrogen (secondary N) is 3. The number of aromatic nitrogens is 1. The molecule has 6 rings (SSSR count). The molecule has 1 aliphatic carbocycles. The van der Waals surface area contributed by atoms with Crippen molar-refractivity contribution >= 4 is 18.1 Å². The first kappa shape index (κ1) is 37.2. The predicted molar refractivity (Wildman–Crippen MR) is 191 cm³/mol. The van der Waals surface area contributed by atoms with Gasteiger partial charge in [-0.05, 0) is 41.5 Å². The molecule has 2 aliphatic heterocycles. The summed E-state index contributed by atoms with van der Waals surface area (Å²) >= 11 is 0. The molecule has 0 spiro atoms. The maximum absolute atomic E-state index is 13.8. The van der Waals surface area contributed by atoms with Crippen molar-refractivity contribution in [1.82, 2.24) is 26.1 Å². The van der Waals surface area contributed by atoms with Crippen molar-refractivity contribution in [3.8, 4) is 11.3 Å². The van der Waals surface area contributed by atoms with Gasteiger partial charge in [-0.2, -0.15) is 0 Å². The zero-order chi connectivity index (χ0) is 36.8. The first-order chi connectivity index (χ1) is 25.0. The molecule has 13 nitrogen and oxygen atoms in total. The van der Waals surface area contributed by atoms with Gasteiger partial charge in [0.15, 0.2) is 6.29 Å². The van der Waals surface area contributed by atoms with E-state index in [-0.39, 0.29) is 43.2 Å². The molecule has 13 heteroatoms. The molecule has 3 aliphatic rings. The smallest absolute Gasteiger partial charge is 0.407 e. The van der Waals surface area contributed by atoms with E-state index >= 15 is 0 Å². The molecule has 3 fully saturated rings. The number of hydrazine groups is 1. The summed E-state index contributed by atoms with van der Waals surface area (Å²) in [6.45, 7) is 6.58. The maximum atomic E-state index is 13.8. The number of carbonyl (C=O) groups is 3. The normalized spacial score (nSPS) is 23.7. The van der Waals surface area contributed by atoms with E-state index in [1.54, 1.807) is 11.2 Å². The van der Waals surface area contributed by atoms with Gasteiger partial charge in [0.2, 0.25) is 0 Å². The van der Waals surface area contributed by atoms with E-state index in [9.17, 15) is 19.5 Å². The summed E-state index contributed by atoms with van der Waals surface area (Å²) < 4.78 is 22.5. The first-order valence-electron chi connectivity index (χ1n) is 17.8. The van der Waals surface area contributed by atoms with E-state index in [0.717, 1.165) is 28.8 Å². The van der Waals surface area contributed by atoms with Crippen LogP contribution in [0, 0.1) is 23.2 Å². The van der Waals surface area contributed by atoms with Crippen molar-refractivity contribution in [3.63, 3.8) is 0 Å². The van der Waals surface area contributed by atoms with Crippen LogP contribution in [-0.2, 0) is 36.7 Å². The van der Waals surface area contributed by atoms with Crippen LogP contribution in [-0.4, -0.2) is 90.6 Å². The summed E-state index contributed by atoms with van der Waals surface area (Å²) in [6.07, 6.45) is -0.175. The second kappa shape index (κ2) is 16.4. The number of benzene rings is 2. The van der Waals surface area contributed by atoms with Crippen molar-refractivity contribution < 1.29 is 38.4 Å². The van der Waals surface area contributed by atoms with E-state index in [0.29, 0.717) is 19.6 Å². The molecule has 8 atom stereocenters. The zero-order valence-electron chi connectivity index (χ0n) is 30.1. The SMILES string of the molecule is COC(=O)N[C@H](C(=O)NN(Cc1ccc(-c2ccccn2)cc1)C[C@@H](O)[C@H](Cc1ccccc1)NC(=O)OC1C2COC3OCC1C3C2)C(C)(C)C. The number of methoxy groups -OCH3 is 1. The van der Waals surface area contributed by atoms with Crippen molar-refractivity contribution in [2.45, 2.75) is 70.7 Å². The summed E-state index contributed by atoms with van der Waals surface area (Å²) in [4.78, 5) is 44.0. The van der Waals surface area contributed by atoms with Gasteiger partial charge in [-0.25, -0.2) is 14.6 Å². The van der Waals surface area contributed by atoms with Gasteiger partial charge in [0.25, 0.3) is 5.91 Å². The van der Waals surface area contributed by atoms with Gasteiger partial charge in [0.05, 0.1) is 38.2 Å². The summed E-state index contributed by atoms with van der Waals surface area (Å²) in [5.74, 6) is -0.107. The molecule has 4 N–H and O–H groups in total. The Morgan fingerprint density at radius 2 is 1.65 bits per heavy atom. The quantitative estimate of drug-likeness (QED) is 0.190. The summed E-state index contributed by atoms with van der Waals surface area (Å²) in [5.41, 5.74) is 5.76. The van der Waals surface area contributed by atoms with E-state index in [2.05, 4.69) is 21.0 Å². The summed E-state index contributed by atoms with van der Waals surface area (Å²) in [7, 11) is 1.24. The van der Waals surface area contributed by atoms with Crippen LogP contribution in [0.4, 0.5) is 9.59 Å². The highest BCUT2D eigenvalue weighted by molar-refractivity contribution is 5.86. The fourth-order valence-electron chi connectivity index (χ4n) is 7.42. The number of fused-ring (bicyclic) bond motifs is 1. The number of aliphatic hydroxyl groups is 1. The van der Waals surface area contributed by atoms with Crippen LogP contribution in [0.5, 0.6) is 0 Å². The molecule has 278 valence electrons. The average molecular weight is 716 g/mol. The number of alkyl carbamates (subject to hydrolysis) is 2. The third-order valence-corrected chi connectivity index (χ3v) is 10.1. The Hall–Kier alpha value is -4.56. The van der Waals surface area contributed by atoms with Gasteiger partial charge in [0, 0.05) is 42.6 Å². The molecule has 1 aromatic heterocycles. The zero-order valence-corrected chi connectivity index (χ0v) is 30.1. The molecular formula is C39H49N5O8. The van der Waals surface area contributed by atoms with Gasteiger partial charge in [-0.1, -0.05) is 81.4 Å². The third-order valence-electron chi connectivity index (χ3n) is 10.1. The van der Waals surface area contributed by atoms with E-state index in [1.165, 1.54) is 7.11 Å². The van der Waals surface area contributed by atoms with Gasteiger partial charge < -0.3 is 34.7 Å². The fourth-order valence-corrected chi connectivity index (χ4v) is 7.42. The molecule has 3 heterocycles. The lowest BCUT2D eigenvalue weighted by molar-refractivity contribution is -0.169. The van der Waals surface area contributed by atoms with Crippen LogP contribution in [0.15, 0.2) is 79.0 Å². The van der Waals surface area contributed by atoms with E-state index < -0.39 is 41.7 Å². The number of carbonyl (C=O) groups excluding carboxylic acids is 3. The molecule has 52 heavy (non-hydrogen) atoms. The van der Waals surface area contributed by atoms with Crippen LogP contribution in [0.3, 0.4) is 0 Å². The molecular weight excluding hydrogens is 666 g/mol. The van der Waals surface area contributed by atoms with Crippen molar-refractivity contribution in [3.05, 3.63) is 90.1 Å². The highest BCUT2D eigenvalue weighted by Crippen LogP contribution is 2.49. The molecule has 1 saturated carbocycles. The largest absolute Gasteiger partial charge is 0.453 e. The molecule has 0 radical (unpaired) electrons. The lowest BCUT2D eigenvalue weighted by Gasteiger charge is -2.34. The van der Waals surface area contributed by atoms with Crippen LogP contribution < -0.4 is 16.1 Å². The number of hydrogen-bond donors (Lipinski definition) is 4. The number of amides is 3. The minimum Gasteiger partial charge on any atom is -0.453 e. The van der Waals surface area contributed by atoms with Crippen LogP contribution in [0.1, 0.15) is 38.3 Å². The monoisotopic (exact) mass is 715 g/mol. The van der Waals surface area contributed by atoms with E-state index in [1.807, 2.05) is 93.6 Å². The van der Waals surface area contributed by atoms with Crippen molar-refractivity contribution in [2.75, 3.05) is 26.9 Å². The second-order valence-electron chi connectivity index (χ2n) is 14.9. The van der Waals surface area contributed by atoms with E-state index in [4.69, 9.17) is 18.9 Å². The predicted octanol–water partition coefficient (Wildman–Crippen LogP) is 4.06. The number of aliphatic hydroxyl groups excluding tert-OH is 1. The summed E-state index contributed by atoms with van der Waals surface area (Å²) in [5, 5.41) is 19.0. The lowest BCUT2D eigenvalue weighted by Crippen LogP contribution is -2.59. The topological polar surface area (TPSA) is 161 Å². The van der Waals surface area contributed by atoms with Gasteiger partial charge in [-0.15, -0.1) is 0 Å². The number of rotatable bonds is 13. The van der Waals surface area contributed by atoms with Crippen molar-refractivity contribution in [2.24, 2.45) is 23.2 Å². The van der Waals surface area contributed by atoms with Gasteiger partial charge in [-0.3, -0.25) is 15.2 Å².